The number of nitrogens with one attached hydrogen (secondary N) is 2. The Morgan fingerprint density at radius 2 is 1.86 bits per heavy atom. The SMILES string of the molecule is C[C@@H]1CC(=O)Nc2ncnc(N3CCC(c4nc(C5CCOCC5)cn4CCNC(C)(C)C)CC3)c21. The molecule has 2 fully saturated rings. The van der Waals surface area contributed by atoms with E-state index < -0.39 is 0 Å². The Hall–Kier alpha value is -2.52. The molecule has 36 heavy (non-hydrogen) atoms. The van der Waals surface area contributed by atoms with Crippen LogP contribution < -0.4 is 15.5 Å². The summed E-state index contributed by atoms with van der Waals surface area (Å²) in [6, 6.07) is 0. The Kier molecular flexibility index (Phi) is 7.30. The minimum atomic E-state index is 0.0338. The van der Waals surface area contributed by atoms with E-state index in [0.717, 1.165) is 76.5 Å². The number of piperidine rings is 1. The fourth-order valence-corrected chi connectivity index (χ4v) is 5.80. The van der Waals surface area contributed by atoms with E-state index >= 15 is 0 Å². The largest absolute Gasteiger partial charge is 0.381 e. The second-order valence-corrected chi connectivity index (χ2v) is 11.7. The fraction of sp³-hybridized carbons (Fsp3) is 0.704. The van der Waals surface area contributed by atoms with E-state index in [-0.39, 0.29) is 17.4 Å². The average molecular weight is 496 g/mol. The number of imidazole rings is 1. The lowest BCUT2D eigenvalue weighted by molar-refractivity contribution is -0.116. The molecule has 3 aliphatic rings. The first-order chi connectivity index (χ1) is 17.3. The number of ether oxygens (including phenoxy) is 1. The van der Waals surface area contributed by atoms with Gasteiger partial charge in [-0.25, -0.2) is 15.0 Å². The number of carbonyl (C=O) groups excluding carboxylic acids is 1. The van der Waals surface area contributed by atoms with Crippen LogP contribution in [0.2, 0.25) is 0 Å². The lowest BCUT2D eigenvalue weighted by atomic mass is 9.92. The van der Waals surface area contributed by atoms with Crippen molar-refractivity contribution in [1.29, 1.82) is 0 Å². The molecule has 1 atom stereocenters. The van der Waals surface area contributed by atoms with Crippen LogP contribution in [0.15, 0.2) is 12.5 Å². The predicted molar refractivity (Wildman–Crippen MR) is 141 cm³/mol. The number of amides is 1. The molecule has 0 aromatic carbocycles. The van der Waals surface area contributed by atoms with Crippen LogP contribution in [0.1, 0.15) is 94.6 Å². The second-order valence-electron chi connectivity index (χ2n) is 11.7. The Labute approximate surface area is 214 Å². The number of rotatable bonds is 6. The molecule has 2 aromatic heterocycles. The quantitative estimate of drug-likeness (QED) is 0.629. The maximum atomic E-state index is 12.0. The van der Waals surface area contributed by atoms with Gasteiger partial charge < -0.3 is 24.8 Å². The molecule has 5 rings (SSSR count). The third-order valence-corrected chi connectivity index (χ3v) is 7.74. The molecular weight excluding hydrogens is 454 g/mol. The van der Waals surface area contributed by atoms with Crippen molar-refractivity contribution in [2.45, 2.75) is 89.6 Å². The maximum absolute atomic E-state index is 12.0. The minimum absolute atomic E-state index is 0.0338. The molecule has 1 amide bonds. The molecule has 5 heterocycles. The van der Waals surface area contributed by atoms with Crippen LogP contribution in [-0.4, -0.2) is 63.8 Å². The molecule has 0 spiro atoms. The molecule has 3 aliphatic heterocycles. The first-order valence-electron chi connectivity index (χ1n) is 13.6. The van der Waals surface area contributed by atoms with E-state index in [1.54, 1.807) is 6.33 Å². The molecule has 9 heteroatoms. The first-order valence-corrected chi connectivity index (χ1v) is 13.6. The number of aromatic nitrogens is 4. The van der Waals surface area contributed by atoms with Gasteiger partial charge in [0, 0.05) is 74.9 Å². The molecule has 9 nitrogen and oxygen atoms in total. The monoisotopic (exact) mass is 495 g/mol. The standard InChI is InChI=1S/C27H41N7O2/c1-18-15-22(35)32-24-23(18)26(29-17-28-24)33-10-5-20(6-11-33)25-31-21(19-7-13-36-14-8-19)16-34(25)12-9-30-27(2,3)4/h16-20,30H,5-15H2,1-4H3,(H,28,29,32,35)/t18-/m1/s1. The molecule has 0 unspecified atom stereocenters. The average Bonchev–Trinajstić information content (AvgIpc) is 3.27. The third-order valence-electron chi connectivity index (χ3n) is 7.74. The van der Waals surface area contributed by atoms with Gasteiger partial charge in [0.2, 0.25) is 5.91 Å². The van der Waals surface area contributed by atoms with Crippen LogP contribution in [0, 0.1) is 0 Å². The smallest absolute Gasteiger partial charge is 0.226 e. The van der Waals surface area contributed by atoms with Gasteiger partial charge in [-0.15, -0.1) is 0 Å². The Balaban J connectivity index is 1.32. The fourth-order valence-electron chi connectivity index (χ4n) is 5.80. The number of hydrogen-bond acceptors (Lipinski definition) is 7. The zero-order valence-electron chi connectivity index (χ0n) is 22.2. The van der Waals surface area contributed by atoms with Crippen LogP contribution in [0.4, 0.5) is 11.6 Å². The van der Waals surface area contributed by atoms with Gasteiger partial charge >= 0.3 is 0 Å². The molecular formula is C27H41N7O2. The van der Waals surface area contributed by atoms with E-state index in [9.17, 15) is 4.79 Å². The van der Waals surface area contributed by atoms with Gasteiger partial charge in [-0.2, -0.15) is 0 Å². The lowest BCUT2D eigenvalue weighted by Gasteiger charge is -2.35. The maximum Gasteiger partial charge on any atom is 0.226 e. The zero-order valence-corrected chi connectivity index (χ0v) is 22.2. The van der Waals surface area contributed by atoms with Gasteiger partial charge in [-0.1, -0.05) is 6.92 Å². The van der Waals surface area contributed by atoms with Crippen molar-refractivity contribution >= 4 is 17.5 Å². The summed E-state index contributed by atoms with van der Waals surface area (Å²) in [4.78, 5) is 28.6. The molecule has 0 aliphatic carbocycles. The summed E-state index contributed by atoms with van der Waals surface area (Å²) in [5.41, 5.74) is 2.41. The Bertz CT molecular complexity index is 1060. The van der Waals surface area contributed by atoms with E-state index in [0.29, 0.717) is 24.1 Å². The van der Waals surface area contributed by atoms with E-state index in [4.69, 9.17) is 9.72 Å². The van der Waals surface area contributed by atoms with Crippen LogP contribution in [0.25, 0.3) is 0 Å². The van der Waals surface area contributed by atoms with E-state index in [2.05, 4.69) is 64.0 Å². The second kappa shape index (κ2) is 10.5. The summed E-state index contributed by atoms with van der Waals surface area (Å²) in [6.45, 7) is 14.1. The molecule has 2 aromatic rings. The van der Waals surface area contributed by atoms with Gasteiger partial charge in [0.25, 0.3) is 0 Å². The van der Waals surface area contributed by atoms with Gasteiger partial charge in [0.05, 0.1) is 5.69 Å². The van der Waals surface area contributed by atoms with Gasteiger partial charge in [0.15, 0.2) is 0 Å². The highest BCUT2D eigenvalue weighted by Crippen LogP contribution is 2.39. The van der Waals surface area contributed by atoms with Crippen molar-refractivity contribution in [3.63, 3.8) is 0 Å². The summed E-state index contributed by atoms with van der Waals surface area (Å²) in [6.07, 6.45) is 8.57. The van der Waals surface area contributed by atoms with Crippen molar-refractivity contribution in [3.8, 4) is 0 Å². The summed E-state index contributed by atoms with van der Waals surface area (Å²) in [5, 5.41) is 6.56. The van der Waals surface area contributed by atoms with Crippen LogP contribution in [-0.2, 0) is 16.1 Å². The Morgan fingerprint density at radius 1 is 1.11 bits per heavy atom. The molecule has 0 bridgehead atoms. The zero-order chi connectivity index (χ0) is 25.3. The topological polar surface area (TPSA) is 97.2 Å². The summed E-state index contributed by atoms with van der Waals surface area (Å²) in [7, 11) is 0. The Morgan fingerprint density at radius 3 is 2.58 bits per heavy atom. The highest BCUT2D eigenvalue weighted by atomic mass is 16.5. The summed E-state index contributed by atoms with van der Waals surface area (Å²) >= 11 is 0. The number of nitrogens with zero attached hydrogens (tertiary/aromatic N) is 5. The van der Waals surface area contributed by atoms with Gasteiger partial charge in [-0.05, 0) is 52.4 Å². The molecule has 2 N–H and O–H groups in total. The van der Waals surface area contributed by atoms with Gasteiger partial charge in [0.1, 0.15) is 23.8 Å². The lowest BCUT2D eigenvalue weighted by Crippen LogP contribution is -2.38. The van der Waals surface area contributed by atoms with E-state index in [1.165, 1.54) is 11.5 Å². The summed E-state index contributed by atoms with van der Waals surface area (Å²) < 4.78 is 8.01. The predicted octanol–water partition coefficient (Wildman–Crippen LogP) is 3.78. The first kappa shape index (κ1) is 25.1. The van der Waals surface area contributed by atoms with Crippen molar-refractivity contribution in [2.75, 3.05) is 43.1 Å². The number of anilines is 2. The van der Waals surface area contributed by atoms with Crippen molar-refractivity contribution < 1.29 is 9.53 Å². The molecule has 196 valence electrons. The van der Waals surface area contributed by atoms with E-state index in [1.807, 2.05) is 0 Å². The minimum Gasteiger partial charge on any atom is -0.381 e. The van der Waals surface area contributed by atoms with Crippen LogP contribution >= 0.6 is 0 Å². The molecule has 0 radical (unpaired) electrons. The van der Waals surface area contributed by atoms with Crippen molar-refractivity contribution in [1.82, 2.24) is 24.8 Å². The normalized spacial score (nSPS) is 21.9. The summed E-state index contributed by atoms with van der Waals surface area (Å²) in [5.74, 6) is 3.97. The van der Waals surface area contributed by atoms with Crippen LogP contribution in [0.3, 0.4) is 0 Å². The molecule has 0 saturated carbocycles. The highest BCUT2D eigenvalue weighted by Gasteiger charge is 2.32. The highest BCUT2D eigenvalue weighted by molar-refractivity contribution is 5.94. The van der Waals surface area contributed by atoms with Crippen LogP contribution in [0.5, 0.6) is 0 Å². The molecule has 2 saturated heterocycles. The number of fused-ring (bicyclic) bond motifs is 1. The third kappa shape index (κ3) is 5.57. The van der Waals surface area contributed by atoms with Crippen molar-refractivity contribution in [3.05, 3.63) is 29.6 Å². The number of hydrogen-bond donors (Lipinski definition) is 2. The van der Waals surface area contributed by atoms with Gasteiger partial charge in [-0.3, -0.25) is 4.79 Å². The number of carbonyl (C=O) groups is 1. The van der Waals surface area contributed by atoms with Crippen molar-refractivity contribution in [2.24, 2.45) is 0 Å².